The van der Waals surface area contributed by atoms with Crippen molar-refractivity contribution >= 4 is 29.9 Å². The van der Waals surface area contributed by atoms with E-state index in [1.165, 1.54) is 12.8 Å². The average Bonchev–Trinajstić information content (AvgIpc) is 2.24. The SMILES string of the molecule is CCCCCNC(N)=NCCCOCC.I. The average molecular weight is 343 g/mol. The summed E-state index contributed by atoms with van der Waals surface area (Å²) in [6.07, 6.45) is 4.56. The lowest BCUT2D eigenvalue weighted by atomic mass is 10.2. The smallest absolute Gasteiger partial charge is 0.188 e. The normalized spacial score (nSPS) is 11.0. The van der Waals surface area contributed by atoms with E-state index in [1.807, 2.05) is 6.92 Å². The molecule has 0 bridgehead atoms. The molecular weight excluding hydrogens is 317 g/mol. The minimum Gasteiger partial charge on any atom is -0.382 e. The molecule has 5 heteroatoms. The zero-order valence-corrected chi connectivity index (χ0v) is 12.8. The molecule has 0 aliphatic carbocycles. The van der Waals surface area contributed by atoms with Gasteiger partial charge in [0.05, 0.1) is 0 Å². The minimum atomic E-state index is 0. The standard InChI is InChI=1S/C11H25N3O.HI/c1-3-5-6-8-13-11(12)14-9-7-10-15-4-2;/h3-10H2,1-2H3,(H3,12,13,14);1H. The lowest BCUT2D eigenvalue weighted by Crippen LogP contribution is -2.32. The molecule has 0 aromatic rings. The molecule has 0 radical (unpaired) electrons. The van der Waals surface area contributed by atoms with Gasteiger partial charge < -0.3 is 15.8 Å². The van der Waals surface area contributed by atoms with Gasteiger partial charge in [0.2, 0.25) is 0 Å². The summed E-state index contributed by atoms with van der Waals surface area (Å²) in [5, 5.41) is 3.10. The molecule has 0 heterocycles. The van der Waals surface area contributed by atoms with E-state index in [1.54, 1.807) is 0 Å². The van der Waals surface area contributed by atoms with Crippen LogP contribution in [0.2, 0.25) is 0 Å². The molecule has 0 aliphatic heterocycles. The molecule has 98 valence electrons. The van der Waals surface area contributed by atoms with E-state index in [0.717, 1.165) is 39.1 Å². The number of nitrogens with one attached hydrogen (secondary N) is 1. The fourth-order valence-corrected chi connectivity index (χ4v) is 1.16. The Kier molecular flexibility index (Phi) is 17.1. The third kappa shape index (κ3) is 14.0. The van der Waals surface area contributed by atoms with Gasteiger partial charge in [-0.15, -0.1) is 24.0 Å². The van der Waals surface area contributed by atoms with Crippen LogP contribution in [-0.4, -0.2) is 32.3 Å². The summed E-state index contributed by atoms with van der Waals surface area (Å²) in [7, 11) is 0. The Labute approximate surface area is 116 Å². The Morgan fingerprint density at radius 2 is 2.00 bits per heavy atom. The van der Waals surface area contributed by atoms with Crippen molar-refractivity contribution in [3.05, 3.63) is 0 Å². The van der Waals surface area contributed by atoms with Crippen LogP contribution in [-0.2, 0) is 4.74 Å². The molecule has 3 N–H and O–H groups in total. The Hall–Kier alpha value is -0.0400. The van der Waals surface area contributed by atoms with Gasteiger partial charge in [-0.2, -0.15) is 0 Å². The van der Waals surface area contributed by atoms with Crippen molar-refractivity contribution in [2.24, 2.45) is 10.7 Å². The van der Waals surface area contributed by atoms with Crippen LogP contribution >= 0.6 is 24.0 Å². The lowest BCUT2D eigenvalue weighted by Gasteiger charge is -2.04. The number of rotatable bonds is 9. The molecule has 0 saturated heterocycles. The second-order valence-electron chi connectivity index (χ2n) is 3.45. The van der Waals surface area contributed by atoms with E-state index in [-0.39, 0.29) is 24.0 Å². The molecular formula is C11H26IN3O. The summed E-state index contributed by atoms with van der Waals surface area (Å²) in [6, 6.07) is 0. The van der Waals surface area contributed by atoms with Crippen LogP contribution in [0.15, 0.2) is 4.99 Å². The third-order valence-electron chi connectivity index (χ3n) is 2.02. The van der Waals surface area contributed by atoms with Crippen LogP contribution in [0.3, 0.4) is 0 Å². The molecule has 16 heavy (non-hydrogen) atoms. The quantitative estimate of drug-likeness (QED) is 0.292. The minimum absolute atomic E-state index is 0. The van der Waals surface area contributed by atoms with Gasteiger partial charge in [-0.25, -0.2) is 0 Å². The zero-order valence-electron chi connectivity index (χ0n) is 10.5. The molecule has 0 atom stereocenters. The molecule has 4 nitrogen and oxygen atoms in total. The number of aliphatic imine (C=N–C) groups is 1. The Balaban J connectivity index is 0. The third-order valence-corrected chi connectivity index (χ3v) is 2.02. The molecule has 0 saturated carbocycles. The van der Waals surface area contributed by atoms with Crippen LogP contribution in [0, 0.1) is 0 Å². The van der Waals surface area contributed by atoms with Crippen LogP contribution in [0.1, 0.15) is 39.5 Å². The molecule has 0 aromatic carbocycles. The highest BCUT2D eigenvalue weighted by atomic mass is 127. The van der Waals surface area contributed by atoms with Crippen molar-refractivity contribution in [3.63, 3.8) is 0 Å². The maximum absolute atomic E-state index is 5.67. The number of hydrogen-bond acceptors (Lipinski definition) is 2. The van der Waals surface area contributed by atoms with Gasteiger partial charge in [0.1, 0.15) is 0 Å². The van der Waals surface area contributed by atoms with Crippen molar-refractivity contribution < 1.29 is 4.74 Å². The summed E-state index contributed by atoms with van der Waals surface area (Å²) >= 11 is 0. The van der Waals surface area contributed by atoms with E-state index in [9.17, 15) is 0 Å². The highest BCUT2D eigenvalue weighted by Gasteiger charge is 1.91. The number of unbranched alkanes of at least 4 members (excludes halogenated alkanes) is 2. The largest absolute Gasteiger partial charge is 0.382 e. The number of halogens is 1. The number of hydrogen-bond donors (Lipinski definition) is 2. The maximum atomic E-state index is 5.67. The maximum Gasteiger partial charge on any atom is 0.188 e. The van der Waals surface area contributed by atoms with Crippen LogP contribution in [0.5, 0.6) is 0 Å². The lowest BCUT2D eigenvalue weighted by molar-refractivity contribution is 0.146. The summed E-state index contributed by atoms with van der Waals surface area (Å²) in [5.41, 5.74) is 5.67. The van der Waals surface area contributed by atoms with Gasteiger partial charge >= 0.3 is 0 Å². The molecule has 0 aliphatic rings. The Morgan fingerprint density at radius 1 is 1.25 bits per heavy atom. The van der Waals surface area contributed by atoms with Crippen LogP contribution < -0.4 is 11.1 Å². The van der Waals surface area contributed by atoms with Gasteiger partial charge in [0.15, 0.2) is 5.96 Å². The van der Waals surface area contributed by atoms with Crippen molar-refractivity contribution in [2.75, 3.05) is 26.3 Å². The van der Waals surface area contributed by atoms with Crippen molar-refractivity contribution in [3.8, 4) is 0 Å². The second-order valence-corrected chi connectivity index (χ2v) is 3.45. The highest BCUT2D eigenvalue weighted by molar-refractivity contribution is 14.0. The Bertz CT molecular complexity index is 165. The highest BCUT2D eigenvalue weighted by Crippen LogP contribution is 1.90. The predicted octanol–water partition coefficient (Wildman–Crippen LogP) is 2.13. The van der Waals surface area contributed by atoms with Crippen LogP contribution in [0.4, 0.5) is 0 Å². The van der Waals surface area contributed by atoms with Crippen LogP contribution in [0.25, 0.3) is 0 Å². The first kappa shape index (κ1) is 18.3. The first-order valence-electron chi connectivity index (χ1n) is 5.92. The fourth-order valence-electron chi connectivity index (χ4n) is 1.16. The van der Waals surface area contributed by atoms with Crippen molar-refractivity contribution in [2.45, 2.75) is 39.5 Å². The number of nitrogens with two attached hydrogens (primary N) is 1. The van der Waals surface area contributed by atoms with Gasteiger partial charge in [-0.05, 0) is 19.8 Å². The summed E-state index contributed by atoms with van der Waals surface area (Å²) in [5.74, 6) is 0.558. The zero-order chi connectivity index (χ0) is 11.4. The van der Waals surface area contributed by atoms with Crippen molar-refractivity contribution in [1.82, 2.24) is 5.32 Å². The van der Waals surface area contributed by atoms with Gasteiger partial charge in [-0.3, -0.25) is 4.99 Å². The van der Waals surface area contributed by atoms with E-state index in [0.29, 0.717) is 5.96 Å². The summed E-state index contributed by atoms with van der Waals surface area (Å²) in [6.45, 7) is 7.39. The topological polar surface area (TPSA) is 59.6 Å². The van der Waals surface area contributed by atoms with E-state index < -0.39 is 0 Å². The second kappa shape index (κ2) is 15.0. The van der Waals surface area contributed by atoms with Crippen molar-refractivity contribution in [1.29, 1.82) is 0 Å². The first-order chi connectivity index (χ1) is 7.31. The molecule has 0 rings (SSSR count). The molecule has 0 unspecified atom stereocenters. The van der Waals surface area contributed by atoms with Gasteiger partial charge in [-0.1, -0.05) is 19.8 Å². The number of nitrogens with zero attached hydrogens (tertiary/aromatic N) is 1. The first-order valence-corrected chi connectivity index (χ1v) is 5.92. The predicted molar refractivity (Wildman–Crippen MR) is 80.5 cm³/mol. The molecule has 0 amide bonds. The molecule has 0 spiro atoms. The van der Waals surface area contributed by atoms with E-state index in [2.05, 4.69) is 17.2 Å². The molecule has 0 aromatic heterocycles. The monoisotopic (exact) mass is 343 g/mol. The van der Waals surface area contributed by atoms with E-state index in [4.69, 9.17) is 10.5 Å². The van der Waals surface area contributed by atoms with Gasteiger partial charge in [0.25, 0.3) is 0 Å². The number of guanidine groups is 1. The van der Waals surface area contributed by atoms with Gasteiger partial charge in [0, 0.05) is 26.3 Å². The summed E-state index contributed by atoms with van der Waals surface area (Å²) in [4.78, 5) is 4.20. The molecule has 0 fully saturated rings. The van der Waals surface area contributed by atoms with E-state index >= 15 is 0 Å². The fraction of sp³-hybridized carbons (Fsp3) is 0.909. The summed E-state index contributed by atoms with van der Waals surface area (Å²) < 4.78 is 5.20. The number of ether oxygens (including phenoxy) is 1. The Morgan fingerprint density at radius 3 is 2.62 bits per heavy atom.